The molecule has 6 heteroatoms. The Morgan fingerprint density at radius 1 is 1.06 bits per heavy atom. The van der Waals surface area contributed by atoms with Crippen LogP contribution in [0, 0.1) is 5.92 Å². The van der Waals surface area contributed by atoms with E-state index in [0.717, 1.165) is 0 Å². The number of carbonyl (C=O) groups excluding carboxylic acids is 3. The standard InChI is InChI=1S/C11H17ClO5/c1-3-16-10(14)9(11(15)17-4-2)8(13)6-5-7-12/h9H,3-7H2,1-2H3. The van der Waals surface area contributed by atoms with Crippen molar-refractivity contribution in [3.05, 3.63) is 0 Å². The minimum Gasteiger partial charge on any atom is -0.465 e. The molecule has 0 radical (unpaired) electrons. The number of hydrogen-bond acceptors (Lipinski definition) is 5. The summed E-state index contributed by atoms with van der Waals surface area (Å²) in [4.78, 5) is 34.6. The summed E-state index contributed by atoms with van der Waals surface area (Å²) in [5, 5.41) is 0. The Labute approximate surface area is 105 Å². The quantitative estimate of drug-likeness (QED) is 0.376. The van der Waals surface area contributed by atoms with Crippen LogP contribution in [0.3, 0.4) is 0 Å². The molecule has 0 aromatic rings. The zero-order valence-electron chi connectivity index (χ0n) is 10.0. The predicted molar refractivity (Wildman–Crippen MR) is 61.7 cm³/mol. The zero-order valence-corrected chi connectivity index (χ0v) is 10.8. The van der Waals surface area contributed by atoms with Crippen LogP contribution in [0.25, 0.3) is 0 Å². The van der Waals surface area contributed by atoms with Crippen molar-refractivity contribution in [2.75, 3.05) is 19.1 Å². The molecule has 0 aliphatic heterocycles. The normalized spacial score (nSPS) is 10.1. The largest absolute Gasteiger partial charge is 0.465 e. The fourth-order valence-corrected chi connectivity index (χ4v) is 1.33. The summed E-state index contributed by atoms with van der Waals surface area (Å²) in [7, 11) is 0. The highest BCUT2D eigenvalue weighted by Gasteiger charge is 2.35. The number of ketones is 1. The molecule has 0 aromatic heterocycles. The fourth-order valence-electron chi connectivity index (χ4n) is 1.20. The molecule has 0 spiro atoms. The Hall–Kier alpha value is -1.10. The molecule has 17 heavy (non-hydrogen) atoms. The van der Waals surface area contributed by atoms with E-state index in [9.17, 15) is 14.4 Å². The second-order valence-electron chi connectivity index (χ2n) is 3.20. The lowest BCUT2D eigenvalue weighted by molar-refractivity contribution is -0.164. The summed E-state index contributed by atoms with van der Waals surface area (Å²) in [5.41, 5.74) is 0. The molecule has 0 bridgehead atoms. The summed E-state index contributed by atoms with van der Waals surface area (Å²) in [6.45, 7) is 3.42. The zero-order chi connectivity index (χ0) is 13.3. The Balaban J connectivity index is 4.65. The van der Waals surface area contributed by atoms with Crippen molar-refractivity contribution in [2.45, 2.75) is 26.7 Å². The van der Waals surface area contributed by atoms with Crippen molar-refractivity contribution < 1.29 is 23.9 Å². The first-order chi connectivity index (χ1) is 8.08. The fraction of sp³-hybridized carbons (Fsp3) is 0.727. The maximum atomic E-state index is 11.7. The topological polar surface area (TPSA) is 69.7 Å². The molecule has 0 aromatic carbocycles. The van der Waals surface area contributed by atoms with Crippen molar-refractivity contribution in [3.63, 3.8) is 0 Å². The van der Waals surface area contributed by atoms with E-state index in [4.69, 9.17) is 11.6 Å². The Bertz CT molecular complexity index is 259. The highest BCUT2D eigenvalue weighted by atomic mass is 35.5. The number of halogens is 1. The van der Waals surface area contributed by atoms with Gasteiger partial charge in [0.05, 0.1) is 13.2 Å². The SMILES string of the molecule is CCOC(=O)C(C(=O)CCCCl)C(=O)OCC. The number of alkyl halides is 1. The molecule has 0 atom stereocenters. The van der Waals surface area contributed by atoms with Gasteiger partial charge in [0.25, 0.3) is 0 Å². The van der Waals surface area contributed by atoms with Crippen LogP contribution in [0.2, 0.25) is 0 Å². The van der Waals surface area contributed by atoms with Crippen molar-refractivity contribution in [1.82, 2.24) is 0 Å². The van der Waals surface area contributed by atoms with E-state index in [2.05, 4.69) is 9.47 Å². The van der Waals surface area contributed by atoms with Gasteiger partial charge in [-0.25, -0.2) is 0 Å². The Morgan fingerprint density at radius 3 is 1.88 bits per heavy atom. The van der Waals surface area contributed by atoms with Gasteiger partial charge in [-0.15, -0.1) is 11.6 Å². The third-order valence-corrected chi connectivity index (χ3v) is 2.19. The van der Waals surface area contributed by atoms with Crippen molar-refractivity contribution >= 4 is 29.3 Å². The highest BCUT2D eigenvalue weighted by molar-refractivity contribution is 6.18. The van der Waals surface area contributed by atoms with Crippen LogP contribution in [0.15, 0.2) is 0 Å². The summed E-state index contributed by atoms with van der Waals surface area (Å²) in [5.74, 6) is -3.40. The van der Waals surface area contributed by atoms with Crippen LogP contribution in [0.4, 0.5) is 0 Å². The van der Waals surface area contributed by atoms with E-state index in [-0.39, 0.29) is 19.6 Å². The van der Waals surface area contributed by atoms with Crippen LogP contribution < -0.4 is 0 Å². The lowest BCUT2D eigenvalue weighted by Gasteiger charge is -2.12. The van der Waals surface area contributed by atoms with Crippen molar-refractivity contribution in [1.29, 1.82) is 0 Å². The lowest BCUT2D eigenvalue weighted by atomic mass is 10.0. The predicted octanol–water partition coefficient (Wildman–Crippen LogP) is 1.32. The van der Waals surface area contributed by atoms with Crippen LogP contribution >= 0.6 is 11.6 Å². The highest BCUT2D eigenvalue weighted by Crippen LogP contribution is 2.10. The van der Waals surface area contributed by atoms with Gasteiger partial charge < -0.3 is 9.47 Å². The minimum atomic E-state index is -1.47. The van der Waals surface area contributed by atoms with E-state index in [1.165, 1.54) is 0 Å². The molecule has 98 valence electrons. The number of esters is 2. The molecule has 0 amide bonds. The van der Waals surface area contributed by atoms with E-state index >= 15 is 0 Å². The number of rotatable bonds is 8. The van der Waals surface area contributed by atoms with Gasteiger partial charge in [-0.2, -0.15) is 0 Å². The molecule has 0 saturated heterocycles. The molecule has 0 N–H and O–H groups in total. The van der Waals surface area contributed by atoms with Crippen LogP contribution in [0.5, 0.6) is 0 Å². The summed E-state index contributed by atoms with van der Waals surface area (Å²) in [6.07, 6.45) is 0.474. The van der Waals surface area contributed by atoms with Gasteiger partial charge in [-0.1, -0.05) is 0 Å². The van der Waals surface area contributed by atoms with E-state index in [1.807, 2.05) is 0 Å². The first-order valence-corrected chi connectivity index (χ1v) is 6.03. The van der Waals surface area contributed by atoms with Gasteiger partial charge in [0.2, 0.25) is 5.92 Å². The van der Waals surface area contributed by atoms with Gasteiger partial charge in [-0.05, 0) is 20.3 Å². The summed E-state index contributed by atoms with van der Waals surface area (Å²) >= 11 is 5.45. The monoisotopic (exact) mass is 264 g/mol. The third kappa shape index (κ3) is 5.68. The van der Waals surface area contributed by atoms with Crippen LogP contribution in [-0.2, 0) is 23.9 Å². The summed E-state index contributed by atoms with van der Waals surface area (Å²) < 4.78 is 9.36. The third-order valence-electron chi connectivity index (χ3n) is 1.92. The average Bonchev–Trinajstić information content (AvgIpc) is 2.27. The first-order valence-electron chi connectivity index (χ1n) is 5.50. The van der Waals surface area contributed by atoms with Crippen LogP contribution in [0.1, 0.15) is 26.7 Å². The molecular formula is C11H17ClO5. The van der Waals surface area contributed by atoms with Gasteiger partial charge in [0, 0.05) is 12.3 Å². The Morgan fingerprint density at radius 2 is 1.53 bits per heavy atom. The van der Waals surface area contributed by atoms with E-state index < -0.39 is 23.6 Å². The maximum absolute atomic E-state index is 11.7. The number of Topliss-reactive ketones (excluding diaryl/α,β-unsaturated/α-hetero) is 1. The van der Waals surface area contributed by atoms with Gasteiger partial charge in [0.1, 0.15) is 0 Å². The molecular weight excluding hydrogens is 248 g/mol. The minimum absolute atomic E-state index is 0.0613. The van der Waals surface area contributed by atoms with Gasteiger partial charge in [-0.3, -0.25) is 14.4 Å². The number of carbonyl (C=O) groups is 3. The molecule has 0 fully saturated rings. The first kappa shape index (κ1) is 15.9. The molecule has 0 saturated carbocycles. The maximum Gasteiger partial charge on any atom is 0.328 e. The molecule has 5 nitrogen and oxygen atoms in total. The molecule has 0 aliphatic rings. The number of hydrogen-bond donors (Lipinski definition) is 0. The van der Waals surface area contributed by atoms with Crippen molar-refractivity contribution in [3.8, 4) is 0 Å². The molecule has 0 rings (SSSR count). The molecule has 0 aliphatic carbocycles. The van der Waals surface area contributed by atoms with Crippen molar-refractivity contribution in [2.24, 2.45) is 5.92 Å². The van der Waals surface area contributed by atoms with Crippen LogP contribution in [-0.4, -0.2) is 36.8 Å². The second kappa shape index (κ2) is 8.98. The molecule has 0 heterocycles. The molecule has 0 unspecified atom stereocenters. The van der Waals surface area contributed by atoms with E-state index in [1.54, 1.807) is 13.8 Å². The second-order valence-corrected chi connectivity index (χ2v) is 3.57. The summed E-state index contributed by atoms with van der Waals surface area (Å²) in [6, 6.07) is 0. The number of ether oxygens (including phenoxy) is 2. The average molecular weight is 265 g/mol. The smallest absolute Gasteiger partial charge is 0.328 e. The Kier molecular flexibility index (Phi) is 8.40. The van der Waals surface area contributed by atoms with Gasteiger partial charge in [0.15, 0.2) is 5.78 Å². The lowest BCUT2D eigenvalue weighted by Crippen LogP contribution is -2.34. The van der Waals surface area contributed by atoms with E-state index in [0.29, 0.717) is 12.3 Å². The van der Waals surface area contributed by atoms with Gasteiger partial charge >= 0.3 is 11.9 Å².